The summed E-state index contributed by atoms with van der Waals surface area (Å²) in [5.74, 6) is 1.27. The van der Waals surface area contributed by atoms with Gasteiger partial charge in [-0.2, -0.15) is 0 Å². The Kier molecular flexibility index (Phi) is 25.4. The highest BCUT2D eigenvalue weighted by Gasteiger charge is 2.34. The van der Waals surface area contributed by atoms with Gasteiger partial charge in [-0.05, 0) is 35.4 Å². The van der Waals surface area contributed by atoms with Crippen LogP contribution in [0.25, 0.3) is 0 Å². The number of alkyl carbamates (subject to hydrolysis) is 2. The van der Waals surface area contributed by atoms with Crippen LogP contribution in [0.15, 0.2) is 182 Å². The summed E-state index contributed by atoms with van der Waals surface area (Å²) in [5, 5.41) is 19.6. The van der Waals surface area contributed by atoms with Gasteiger partial charge in [0.25, 0.3) is 0 Å². The van der Waals surface area contributed by atoms with Crippen LogP contribution in [0.1, 0.15) is 11.1 Å². The number of ether oxygens (including phenoxy) is 3. The summed E-state index contributed by atoms with van der Waals surface area (Å²) in [4.78, 5) is 28.6. The number of aliphatic hydroxyl groups is 1. The third kappa shape index (κ3) is 22.3. The molecular weight excluding hydrogens is 793 g/mol. The molecule has 2 amide bonds. The zero-order valence-corrected chi connectivity index (χ0v) is 36.0. The first-order valence-electron chi connectivity index (χ1n) is 19.8. The van der Waals surface area contributed by atoms with Crippen LogP contribution in [0.2, 0.25) is 0 Å². The van der Waals surface area contributed by atoms with Crippen molar-refractivity contribution in [2.45, 2.75) is 47.3 Å². The van der Waals surface area contributed by atoms with Crippen molar-refractivity contribution in [2.75, 3.05) is 50.8 Å². The van der Waals surface area contributed by atoms with E-state index in [1.54, 1.807) is 35.7 Å². The minimum Gasteiger partial charge on any atom is -0.445 e. The number of nitrogens with one attached hydrogen (secondary N) is 3. The van der Waals surface area contributed by atoms with Crippen LogP contribution in [-0.2, 0) is 27.4 Å². The van der Waals surface area contributed by atoms with Crippen LogP contribution >= 0.6 is 23.5 Å². The van der Waals surface area contributed by atoms with Crippen molar-refractivity contribution in [2.24, 2.45) is 0 Å². The predicted molar refractivity (Wildman–Crippen MR) is 247 cm³/mol. The first kappa shape index (κ1) is 49.3. The van der Waals surface area contributed by atoms with Gasteiger partial charge in [0.2, 0.25) is 0 Å². The molecule has 10 nitrogen and oxygen atoms in total. The molecule has 1 saturated heterocycles. The second-order valence-electron chi connectivity index (χ2n) is 13.3. The van der Waals surface area contributed by atoms with E-state index >= 15 is 0 Å². The maximum absolute atomic E-state index is 12.4. The Morgan fingerprint density at radius 2 is 1.12 bits per heavy atom. The molecule has 0 bridgehead atoms. The Morgan fingerprint density at radius 1 is 0.683 bits per heavy atom. The van der Waals surface area contributed by atoms with Crippen molar-refractivity contribution < 1.29 is 28.9 Å². The standard InChI is InChI=1S/C24H30N2O3S.C18H19NO3S.C6H11N/c1-3-15-26(16-4-2)17-23(27)22(19-30-21-13-9-6-10-14-21)25-24(28)29-18-20-11-7-5-8-12-20;20-18(22-11-14-7-3-1-4-8-14)19-16(17-12-21-17)13-23-15-9-5-2-6-10-15;1-3-5-7-6-4-2/h3-14,22-23,27H,1-2,15-19H2,(H,25,28);1-10,16-17H,11-13H2,(H,19,20);3-4,7H,1-2,5-6H2/t22-,23+;16-,17+;/m00./s1. The van der Waals surface area contributed by atoms with E-state index in [-0.39, 0.29) is 25.4 Å². The molecule has 5 rings (SSSR count). The number of hydrogen-bond donors (Lipinski definition) is 4. The fourth-order valence-corrected chi connectivity index (χ4v) is 7.33. The molecule has 4 N–H and O–H groups in total. The number of amides is 2. The molecule has 0 spiro atoms. The van der Waals surface area contributed by atoms with Crippen molar-refractivity contribution in [3.63, 3.8) is 0 Å². The van der Waals surface area contributed by atoms with Crippen LogP contribution in [0.4, 0.5) is 9.59 Å². The van der Waals surface area contributed by atoms with Gasteiger partial charge in [0, 0.05) is 54.0 Å². The number of benzene rings is 4. The van der Waals surface area contributed by atoms with Gasteiger partial charge in [0.1, 0.15) is 19.3 Å². The van der Waals surface area contributed by atoms with Gasteiger partial charge in [-0.1, -0.05) is 121 Å². The molecule has 4 aromatic carbocycles. The number of nitrogens with zero attached hydrogens (tertiary/aromatic N) is 1. The van der Waals surface area contributed by atoms with E-state index in [4.69, 9.17) is 14.2 Å². The van der Waals surface area contributed by atoms with Gasteiger partial charge >= 0.3 is 12.2 Å². The van der Waals surface area contributed by atoms with E-state index in [0.29, 0.717) is 32.0 Å². The van der Waals surface area contributed by atoms with Gasteiger partial charge in [-0.15, -0.1) is 49.8 Å². The Bertz CT molecular complexity index is 1770. The van der Waals surface area contributed by atoms with E-state index < -0.39 is 24.3 Å². The van der Waals surface area contributed by atoms with E-state index in [1.807, 2.05) is 126 Å². The summed E-state index contributed by atoms with van der Waals surface area (Å²) in [6.45, 7) is 19.1. The molecule has 60 heavy (non-hydrogen) atoms. The molecule has 1 aliphatic heterocycles. The Morgan fingerprint density at radius 3 is 1.55 bits per heavy atom. The maximum atomic E-state index is 12.4. The second-order valence-corrected chi connectivity index (χ2v) is 15.5. The Labute approximate surface area is 365 Å². The average molecular weight is 853 g/mol. The van der Waals surface area contributed by atoms with Crippen LogP contribution in [0, 0.1) is 0 Å². The average Bonchev–Trinajstić information content (AvgIpc) is 4.13. The number of rotatable bonds is 24. The lowest BCUT2D eigenvalue weighted by Crippen LogP contribution is -2.50. The second kappa shape index (κ2) is 30.9. The molecule has 1 heterocycles. The predicted octanol–water partition coefficient (Wildman–Crippen LogP) is 8.53. The van der Waals surface area contributed by atoms with Gasteiger partial charge in [-0.25, -0.2) is 9.59 Å². The highest BCUT2D eigenvalue weighted by atomic mass is 32.2. The SMILES string of the molecule is C=CCN(CC=C)C[C@@H](O)[C@H](CSc1ccccc1)NC(=O)OCc1ccccc1.C=CCNCC=C.O=C(N[C@@H](CSc1ccccc1)[C@H]1CO1)OCc1ccccc1. The molecule has 1 fully saturated rings. The Balaban J connectivity index is 0.000000282. The smallest absolute Gasteiger partial charge is 0.407 e. The topological polar surface area (TPSA) is 125 Å². The monoisotopic (exact) mass is 852 g/mol. The summed E-state index contributed by atoms with van der Waals surface area (Å²) in [7, 11) is 0. The minimum absolute atomic E-state index is 0.0384. The van der Waals surface area contributed by atoms with Crippen molar-refractivity contribution in [1.29, 1.82) is 0 Å². The van der Waals surface area contributed by atoms with E-state index in [2.05, 4.69) is 54.4 Å². The third-order valence-electron chi connectivity index (χ3n) is 8.45. The lowest BCUT2D eigenvalue weighted by molar-refractivity contribution is 0.0840. The lowest BCUT2D eigenvalue weighted by atomic mass is 10.1. The lowest BCUT2D eigenvalue weighted by Gasteiger charge is -2.28. The third-order valence-corrected chi connectivity index (χ3v) is 10.7. The first-order chi connectivity index (χ1) is 29.3. The molecule has 4 atom stereocenters. The van der Waals surface area contributed by atoms with Crippen molar-refractivity contribution in [3.05, 3.63) is 183 Å². The van der Waals surface area contributed by atoms with Gasteiger partial charge in [-0.3, -0.25) is 4.90 Å². The van der Waals surface area contributed by atoms with Crippen LogP contribution < -0.4 is 16.0 Å². The molecule has 0 saturated carbocycles. The van der Waals surface area contributed by atoms with Crippen molar-refractivity contribution >= 4 is 35.7 Å². The number of aliphatic hydroxyl groups excluding tert-OH is 1. The zero-order valence-electron chi connectivity index (χ0n) is 34.3. The normalized spacial score (nSPS) is 13.9. The number of hydrogen-bond acceptors (Lipinski definition) is 10. The number of epoxide rings is 1. The molecule has 0 aromatic heterocycles. The number of carbonyl (C=O) groups excluding carboxylic acids is 2. The van der Waals surface area contributed by atoms with Gasteiger partial charge < -0.3 is 35.3 Å². The molecule has 0 radical (unpaired) electrons. The summed E-state index contributed by atoms with van der Waals surface area (Å²) < 4.78 is 16.0. The number of thioether (sulfide) groups is 2. The van der Waals surface area contributed by atoms with Gasteiger partial charge in [0.15, 0.2) is 0 Å². The molecular formula is C48H60N4O6S2. The summed E-state index contributed by atoms with van der Waals surface area (Å²) >= 11 is 3.28. The first-order valence-corrected chi connectivity index (χ1v) is 21.8. The van der Waals surface area contributed by atoms with Crippen LogP contribution in [0.3, 0.4) is 0 Å². The van der Waals surface area contributed by atoms with Gasteiger partial charge in [0.05, 0.1) is 24.8 Å². The highest BCUT2D eigenvalue weighted by molar-refractivity contribution is 7.99. The number of carbonyl (C=O) groups is 2. The molecule has 12 heteroatoms. The maximum Gasteiger partial charge on any atom is 0.407 e. The van der Waals surface area contributed by atoms with E-state index in [1.165, 1.54) is 4.90 Å². The fraction of sp³-hybridized carbons (Fsp3) is 0.292. The highest BCUT2D eigenvalue weighted by Crippen LogP contribution is 2.24. The molecule has 4 aromatic rings. The molecule has 1 aliphatic rings. The van der Waals surface area contributed by atoms with E-state index in [0.717, 1.165) is 34.9 Å². The van der Waals surface area contributed by atoms with E-state index in [9.17, 15) is 14.7 Å². The molecule has 0 unspecified atom stereocenters. The Hall–Kier alpha value is -5.08. The molecule has 320 valence electrons. The fourth-order valence-electron chi connectivity index (χ4n) is 5.28. The van der Waals surface area contributed by atoms with Crippen LogP contribution in [-0.4, -0.2) is 97.3 Å². The largest absolute Gasteiger partial charge is 0.445 e. The summed E-state index contributed by atoms with van der Waals surface area (Å²) in [5.41, 5.74) is 1.88. The van der Waals surface area contributed by atoms with Crippen LogP contribution in [0.5, 0.6) is 0 Å². The summed E-state index contributed by atoms with van der Waals surface area (Å²) in [6.07, 6.45) is 5.59. The summed E-state index contributed by atoms with van der Waals surface area (Å²) in [6, 6.07) is 38.6. The van der Waals surface area contributed by atoms with Crippen molar-refractivity contribution in [3.8, 4) is 0 Å². The quantitative estimate of drug-likeness (QED) is 0.0236. The molecule has 0 aliphatic carbocycles. The van der Waals surface area contributed by atoms with Crippen molar-refractivity contribution in [1.82, 2.24) is 20.9 Å². The zero-order chi connectivity index (χ0) is 43.0. The minimum atomic E-state index is -0.773.